The SMILES string of the molecule is CN(CC(F)F)S(=O)(=O)c1cc([N+](=O)[O-])c(N)s1. The van der Waals surface area contributed by atoms with Crippen LogP contribution in [0.25, 0.3) is 0 Å². The standard InChI is InChI=1S/C7H9F2N3O4S2/c1-11(3-5(8)9)18(15,16)6-2-4(12(13)14)7(10)17-6/h2,5H,3,10H2,1H3. The van der Waals surface area contributed by atoms with Crippen molar-refractivity contribution in [1.29, 1.82) is 0 Å². The molecule has 102 valence electrons. The molecule has 0 radical (unpaired) electrons. The van der Waals surface area contributed by atoms with Gasteiger partial charge in [0.05, 0.1) is 11.5 Å². The van der Waals surface area contributed by atoms with E-state index in [0.717, 1.165) is 13.1 Å². The summed E-state index contributed by atoms with van der Waals surface area (Å²) in [6, 6.07) is 0.761. The highest BCUT2D eigenvalue weighted by molar-refractivity contribution is 7.91. The van der Waals surface area contributed by atoms with Gasteiger partial charge >= 0.3 is 5.69 Å². The Kier molecular flexibility index (Phi) is 4.19. The van der Waals surface area contributed by atoms with Gasteiger partial charge in [-0.05, 0) is 0 Å². The van der Waals surface area contributed by atoms with Gasteiger partial charge < -0.3 is 5.73 Å². The van der Waals surface area contributed by atoms with Gasteiger partial charge in [0.25, 0.3) is 16.4 Å². The normalized spacial score (nSPS) is 12.3. The highest BCUT2D eigenvalue weighted by Crippen LogP contribution is 2.35. The molecule has 11 heteroatoms. The quantitative estimate of drug-likeness (QED) is 0.648. The van der Waals surface area contributed by atoms with Crippen LogP contribution in [0.1, 0.15) is 0 Å². The molecule has 18 heavy (non-hydrogen) atoms. The number of halogens is 2. The predicted octanol–water partition coefficient (Wildman–Crippen LogP) is 1.12. The van der Waals surface area contributed by atoms with Gasteiger partial charge in [0.15, 0.2) is 5.00 Å². The largest absolute Gasteiger partial charge is 0.385 e. The molecule has 0 bridgehead atoms. The number of hydrogen-bond donors (Lipinski definition) is 1. The molecule has 1 rings (SSSR count). The Hall–Kier alpha value is -1.33. The fourth-order valence-electron chi connectivity index (χ4n) is 1.09. The van der Waals surface area contributed by atoms with Crippen LogP contribution in [0.3, 0.4) is 0 Å². The van der Waals surface area contributed by atoms with E-state index in [1.807, 2.05) is 0 Å². The van der Waals surface area contributed by atoms with Crippen LogP contribution in [0.4, 0.5) is 19.5 Å². The third-order valence-electron chi connectivity index (χ3n) is 1.97. The molecule has 0 aliphatic rings. The summed E-state index contributed by atoms with van der Waals surface area (Å²) in [5, 5.41) is 10.2. The van der Waals surface area contributed by atoms with Crippen molar-refractivity contribution in [3.8, 4) is 0 Å². The first-order valence-electron chi connectivity index (χ1n) is 4.44. The lowest BCUT2D eigenvalue weighted by Crippen LogP contribution is -2.30. The lowest BCUT2D eigenvalue weighted by atomic mass is 10.5. The van der Waals surface area contributed by atoms with E-state index in [2.05, 4.69) is 0 Å². The average Bonchev–Trinajstić information content (AvgIpc) is 2.59. The minimum Gasteiger partial charge on any atom is -0.385 e. The van der Waals surface area contributed by atoms with Crippen LogP contribution in [0.15, 0.2) is 10.3 Å². The van der Waals surface area contributed by atoms with E-state index in [1.165, 1.54) is 0 Å². The van der Waals surface area contributed by atoms with E-state index in [0.29, 0.717) is 15.6 Å². The third-order valence-corrected chi connectivity index (χ3v) is 5.20. The van der Waals surface area contributed by atoms with Gasteiger partial charge in [-0.1, -0.05) is 11.3 Å². The first kappa shape index (κ1) is 14.7. The smallest absolute Gasteiger partial charge is 0.304 e. The second-order valence-electron chi connectivity index (χ2n) is 3.25. The molecular weight excluding hydrogens is 292 g/mol. The Balaban J connectivity index is 3.13. The van der Waals surface area contributed by atoms with Crippen molar-refractivity contribution in [1.82, 2.24) is 4.31 Å². The minimum absolute atomic E-state index is 0.288. The maximum atomic E-state index is 12.1. The van der Waals surface area contributed by atoms with Crippen LogP contribution in [0, 0.1) is 10.1 Å². The molecule has 1 aromatic heterocycles. The molecule has 0 saturated carbocycles. The van der Waals surface area contributed by atoms with Gasteiger partial charge in [-0.2, -0.15) is 4.31 Å². The number of nitrogens with two attached hydrogens (primary N) is 1. The van der Waals surface area contributed by atoms with E-state index in [1.54, 1.807) is 0 Å². The molecule has 0 amide bonds. The van der Waals surface area contributed by atoms with Gasteiger partial charge in [0.2, 0.25) is 0 Å². The topological polar surface area (TPSA) is 107 Å². The third kappa shape index (κ3) is 2.91. The molecule has 7 nitrogen and oxygen atoms in total. The number of nitrogens with zero attached hydrogens (tertiary/aromatic N) is 2. The van der Waals surface area contributed by atoms with Crippen molar-refractivity contribution in [3.05, 3.63) is 16.2 Å². The van der Waals surface area contributed by atoms with Gasteiger partial charge in [-0.25, -0.2) is 17.2 Å². The molecule has 0 unspecified atom stereocenters. The van der Waals surface area contributed by atoms with E-state index in [4.69, 9.17) is 5.73 Å². The van der Waals surface area contributed by atoms with Crippen LogP contribution in [0.2, 0.25) is 0 Å². The van der Waals surface area contributed by atoms with Crippen molar-refractivity contribution in [2.75, 3.05) is 19.3 Å². The van der Waals surface area contributed by atoms with Gasteiger partial charge in [0.1, 0.15) is 4.21 Å². The zero-order chi connectivity index (χ0) is 14.1. The highest BCUT2D eigenvalue weighted by atomic mass is 32.2. The summed E-state index contributed by atoms with van der Waals surface area (Å²) in [6.07, 6.45) is -2.84. The second-order valence-corrected chi connectivity index (χ2v) is 6.60. The van der Waals surface area contributed by atoms with Crippen molar-refractivity contribution in [3.63, 3.8) is 0 Å². The zero-order valence-electron chi connectivity index (χ0n) is 9.04. The maximum absolute atomic E-state index is 12.1. The molecule has 0 fully saturated rings. The van der Waals surface area contributed by atoms with Crippen molar-refractivity contribution in [2.24, 2.45) is 0 Å². The Morgan fingerprint density at radius 1 is 1.61 bits per heavy atom. The molecule has 1 aromatic rings. The van der Waals surface area contributed by atoms with E-state index in [-0.39, 0.29) is 5.00 Å². The van der Waals surface area contributed by atoms with Crippen LogP contribution in [-0.2, 0) is 10.0 Å². The first-order valence-corrected chi connectivity index (χ1v) is 6.70. The molecule has 0 atom stereocenters. The maximum Gasteiger partial charge on any atom is 0.304 e. The molecule has 1 heterocycles. The lowest BCUT2D eigenvalue weighted by molar-refractivity contribution is -0.383. The molecule has 0 spiro atoms. The number of alkyl halides is 2. The molecule has 0 aromatic carbocycles. The van der Waals surface area contributed by atoms with E-state index >= 15 is 0 Å². The highest BCUT2D eigenvalue weighted by Gasteiger charge is 2.29. The summed E-state index contributed by atoms with van der Waals surface area (Å²) in [6.45, 7) is -0.992. The Bertz CT molecular complexity index is 557. The Morgan fingerprint density at radius 3 is 2.56 bits per heavy atom. The Morgan fingerprint density at radius 2 is 2.17 bits per heavy atom. The molecule has 2 N–H and O–H groups in total. The lowest BCUT2D eigenvalue weighted by Gasteiger charge is -2.14. The summed E-state index contributed by atoms with van der Waals surface area (Å²) in [7, 11) is -3.22. The van der Waals surface area contributed by atoms with E-state index < -0.39 is 37.8 Å². The van der Waals surface area contributed by atoms with Gasteiger partial charge in [-0.15, -0.1) is 0 Å². The van der Waals surface area contributed by atoms with Crippen molar-refractivity contribution in [2.45, 2.75) is 10.6 Å². The Labute approximate surface area is 105 Å². The number of hydrogen-bond acceptors (Lipinski definition) is 6. The monoisotopic (exact) mass is 301 g/mol. The second kappa shape index (κ2) is 5.12. The number of rotatable bonds is 5. The number of anilines is 1. The summed E-state index contributed by atoms with van der Waals surface area (Å²) >= 11 is 0.467. The van der Waals surface area contributed by atoms with Crippen LogP contribution >= 0.6 is 11.3 Å². The predicted molar refractivity (Wildman–Crippen MR) is 61.2 cm³/mol. The summed E-state index contributed by atoms with van der Waals surface area (Å²) in [5.74, 6) is 0. The number of nitrogen functional groups attached to an aromatic ring is 1. The number of thiophene rings is 1. The van der Waals surface area contributed by atoms with E-state index in [9.17, 15) is 27.3 Å². The zero-order valence-corrected chi connectivity index (χ0v) is 10.7. The summed E-state index contributed by atoms with van der Waals surface area (Å²) in [5.41, 5.74) is 4.73. The van der Waals surface area contributed by atoms with Gasteiger partial charge in [-0.3, -0.25) is 10.1 Å². The van der Waals surface area contributed by atoms with Crippen LogP contribution in [-0.4, -0.2) is 37.7 Å². The summed E-state index contributed by atoms with van der Waals surface area (Å²) in [4.78, 5) is 9.68. The summed E-state index contributed by atoms with van der Waals surface area (Å²) < 4.78 is 47.8. The number of nitro groups is 1. The molecular formula is C7H9F2N3O4S2. The van der Waals surface area contributed by atoms with Crippen molar-refractivity contribution < 1.29 is 22.1 Å². The molecule has 0 saturated heterocycles. The minimum atomic E-state index is -4.18. The average molecular weight is 301 g/mol. The van der Waals surface area contributed by atoms with Crippen molar-refractivity contribution >= 4 is 32.0 Å². The molecule has 0 aliphatic carbocycles. The first-order chi connectivity index (χ1) is 8.16. The fraction of sp³-hybridized carbons (Fsp3) is 0.429. The van der Waals surface area contributed by atoms with Gasteiger partial charge in [0, 0.05) is 13.1 Å². The van der Waals surface area contributed by atoms with Crippen LogP contribution in [0.5, 0.6) is 0 Å². The molecule has 0 aliphatic heterocycles. The van der Waals surface area contributed by atoms with Crippen LogP contribution < -0.4 is 5.73 Å². The fourth-order valence-corrected chi connectivity index (χ4v) is 3.66. The number of sulfonamides is 1.